The lowest BCUT2D eigenvalue weighted by atomic mass is 9.97. The summed E-state index contributed by atoms with van der Waals surface area (Å²) in [6.45, 7) is 6.54. The Bertz CT molecular complexity index is 1090. The highest BCUT2D eigenvalue weighted by atomic mass is 19.1. The summed E-state index contributed by atoms with van der Waals surface area (Å²) in [5, 5.41) is 7.43. The maximum atomic E-state index is 13.0. The van der Waals surface area contributed by atoms with E-state index in [1.165, 1.54) is 12.3 Å². The van der Waals surface area contributed by atoms with E-state index in [2.05, 4.69) is 40.2 Å². The van der Waals surface area contributed by atoms with Crippen molar-refractivity contribution in [1.82, 2.24) is 19.7 Å². The van der Waals surface area contributed by atoms with Gasteiger partial charge in [0.2, 0.25) is 5.91 Å². The number of amides is 1. The maximum absolute atomic E-state index is 13.0. The Labute approximate surface area is 181 Å². The van der Waals surface area contributed by atoms with Gasteiger partial charge in [0, 0.05) is 18.9 Å². The first kappa shape index (κ1) is 21.0. The van der Waals surface area contributed by atoms with Crippen LogP contribution in [0.5, 0.6) is 0 Å². The molecule has 0 saturated heterocycles. The number of carbonyl (C=O) groups is 1. The Kier molecular flexibility index (Phi) is 5.71. The van der Waals surface area contributed by atoms with Crippen LogP contribution in [0.3, 0.4) is 0 Å². The van der Waals surface area contributed by atoms with Gasteiger partial charge in [-0.3, -0.25) is 19.4 Å². The van der Waals surface area contributed by atoms with Gasteiger partial charge in [-0.15, -0.1) is 0 Å². The van der Waals surface area contributed by atoms with Crippen LogP contribution in [0.2, 0.25) is 0 Å². The van der Waals surface area contributed by atoms with E-state index in [4.69, 9.17) is 4.98 Å². The fraction of sp³-hybridized carbons (Fsp3) is 0.391. The van der Waals surface area contributed by atoms with Gasteiger partial charge in [-0.2, -0.15) is 5.10 Å². The van der Waals surface area contributed by atoms with Crippen molar-refractivity contribution in [3.05, 3.63) is 65.3 Å². The molecular weight excluding hydrogens is 395 g/mol. The van der Waals surface area contributed by atoms with Gasteiger partial charge < -0.3 is 10.2 Å². The Morgan fingerprint density at radius 1 is 1.19 bits per heavy atom. The smallest absolute Gasteiger partial charge is 0.247 e. The first-order valence-corrected chi connectivity index (χ1v) is 10.5. The molecule has 1 aliphatic heterocycles. The molecular formula is C23H27FN6O. The predicted molar refractivity (Wildman–Crippen MR) is 118 cm³/mol. The molecule has 3 aromatic heterocycles. The summed E-state index contributed by atoms with van der Waals surface area (Å²) in [4.78, 5) is 23.3. The number of carbonyl (C=O) groups excluding carboxylic acids is 1. The standard InChI is InChI=1S/C23H27FN6O/c1-14(2)22-23(31)28-21-15(3)27-18(9-20(21)29(22)4)7-5-16-10-26-30(12-16)13-19-8-6-17(24)11-25-19/h6,8-12,14,22H,5,7,13H2,1-4H3,(H,28,31)/t22-/m0/s1. The largest absolute Gasteiger partial charge is 0.361 e. The number of anilines is 2. The van der Waals surface area contributed by atoms with Crippen molar-refractivity contribution in [1.29, 1.82) is 0 Å². The van der Waals surface area contributed by atoms with Crippen molar-refractivity contribution >= 4 is 17.3 Å². The molecule has 0 bridgehead atoms. The number of nitrogens with zero attached hydrogens (tertiary/aromatic N) is 5. The van der Waals surface area contributed by atoms with Crippen molar-refractivity contribution in [2.45, 2.75) is 46.2 Å². The molecule has 0 spiro atoms. The summed E-state index contributed by atoms with van der Waals surface area (Å²) < 4.78 is 14.8. The highest BCUT2D eigenvalue weighted by Gasteiger charge is 2.34. The van der Waals surface area contributed by atoms with Crippen LogP contribution in [0.25, 0.3) is 0 Å². The number of nitrogens with one attached hydrogen (secondary N) is 1. The van der Waals surface area contributed by atoms with Gasteiger partial charge in [-0.05, 0) is 49.4 Å². The van der Waals surface area contributed by atoms with Crippen LogP contribution in [0, 0.1) is 18.7 Å². The number of hydrogen-bond acceptors (Lipinski definition) is 5. The third-order valence-electron chi connectivity index (χ3n) is 5.65. The molecule has 162 valence electrons. The van der Waals surface area contributed by atoms with E-state index in [0.717, 1.165) is 46.9 Å². The Morgan fingerprint density at radius 2 is 2.00 bits per heavy atom. The summed E-state index contributed by atoms with van der Waals surface area (Å²) in [5.41, 5.74) is 5.48. The van der Waals surface area contributed by atoms with Crippen LogP contribution in [0.4, 0.5) is 15.8 Å². The average Bonchev–Trinajstić information content (AvgIpc) is 3.16. The Balaban J connectivity index is 1.46. The van der Waals surface area contributed by atoms with Gasteiger partial charge in [-0.1, -0.05) is 13.8 Å². The lowest BCUT2D eigenvalue weighted by molar-refractivity contribution is -0.118. The number of likely N-dealkylation sites (N-methyl/N-ethyl adjacent to an activating group) is 1. The highest BCUT2D eigenvalue weighted by molar-refractivity contribution is 6.04. The van der Waals surface area contributed by atoms with Crippen molar-refractivity contribution in [3.8, 4) is 0 Å². The second-order valence-electron chi connectivity index (χ2n) is 8.40. The summed E-state index contributed by atoms with van der Waals surface area (Å²) >= 11 is 0. The van der Waals surface area contributed by atoms with E-state index in [1.54, 1.807) is 10.7 Å². The molecule has 0 fully saturated rings. The van der Waals surface area contributed by atoms with Crippen LogP contribution in [0.15, 0.2) is 36.8 Å². The minimum Gasteiger partial charge on any atom is -0.361 e. The maximum Gasteiger partial charge on any atom is 0.247 e. The van der Waals surface area contributed by atoms with Gasteiger partial charge in [0.25, 0.3) is 0 Å². The minimum atomic E-state index is -0.345. The molecule has 0 aliphatic carbocycles. The molecule has 4 rings (SSSR count). The molecule has 3 aromatic rings. The molecule has 1 amide bonds. The van der Waals surface area contributed by atoms with E-state index in [-0.39, 0.29) is 23.7 Å². The topological polar surface area (TPSA) is 75.9 Å². The van der Waals surface area contributed by atoms with Crippen molar-refractivity contribution in [2.24, 2.45) is 5.92 Å². The molecule has 1 atom stereocenters. The van der Waals surface area contributed by atoms with Crippen molar-refractivity contribution < 1.29 is 9.18 Å². The van der Waals surface area contributed by atoms with Crippen LogP contribution >= 0.6 is 0 Å². The fourth-order valence-electron chi connectivity index (χ4n) is 4.11. The molecule has 0 aromatic carbocycles. The zero-order valence-corrected chi connectivity index (χ0v) is 18.3. The van der Waals surface area contributed by atoms with Gasteiger partial charge in [0.1, 0.15) is 11.9 Å². The van der Waals surface area contributed by atoms with E-state index in [1.807, 2.05) is 26.4 Å². The number of rotatable bonds is 6. The monoisotopic (exact) mass is 422 g/mol. The summed E-state index contributed by atoms with van der Waals surface area (Å²) in [7, 11) is 1.97. The van der Waals surface area contributed by atoms with Gasteiger partial charge in [0.15, 0.2) is 0 Å². The summed E-state index contributed by atoms with van der Waals surface area (Å²) in [5.74, 6) is -0.120. The number of aryl methyl sites for hydroxylation is 3. The van der Waals surface area contributed by atoms with E-state index < -0.39 is 0 Å². The number of halogens is 1. The number of hydrogen-bond donors (Lipinski definition) is 1. The minimum absolute atomic E-state index is 0.0192. The van der Waals surface area contributed by atoms with Crippen LogP contribution in [-0.2, 0) is 24.2 Å². The summed E-state index contributed by atoms with van der Waals surface area (Å²) in [6.07, 6.45) is 6.61. The van der Waals surface area contributed by atoms with Crippen molar-refractivity contribution in [3.63, 3.8) is 0 Å². The molecule has 0 radical (unpaired) electrons. The molecule has 7 nitrogen and oxygen atoms in total. The first-order chi connectivity index (χ1) is 14.8. The average molecular weight is 423 g/mol. The van der Waals surface area contributed by atoms with Crippen molar-refractivity contribution in [2.75, 3.05) is 17.3 Å². The molecule has 0 unspecified atom stereocenters. The molecule has 8 heteroatoms. The lowest BCUT2D eigenvalue weighted by Crippen LogP contribution is -2.49. The van der Waals surface area contributed by atoms with Gasteiger partial charge >= 0.3 is 0 Å². The second-order valence-corrected chi connectivity index (χ2v) is 8.40. The van der Waals surface area contributed by atoms with Gasteiger partial charge in [0.05, 0.1) is 41.7 Å². The van der Waals surface area contributed by atoms with Crippen LogP contribution in [0.1, 0.15) is 36.5 Å². The summed E-state index contributed by atoms with van der Waals surface area (Å²) in [6, 6.07) is 4.95. The SMILES string of the molecule is Cc1nc(CCc2cnn(Cc3ccc(F)cn3)c2)cc2c1NC(=O)[C@H](C(C)C)N2C. The van der Waals surface area contributed by atoms with Crippen LogP contribution < -0.4 is 10.2 Å². The molecule has 4 heterocycles. The normalized spacial score (nSPS) is 15.9. The number of pyridine rings is 2. The fourth-order valence-corrected chi connectivity index (χ4v) is 4.11. The van der Waals surface area contributed by atoms with E-state index in [9.17, 15) is 9.18 Å². The zero-order valence-electron chi connectivity index (χ0n) is 18.3. The Morgan fingerprint density at radius 3 is 2.71 bits per heavy atom. The first-order valence-electron chi connectivity index (χ1n) is 10.5. The predicted octanol–water partition coefficient (Wildman–Crippen LogP) is 3.37. The highest BCUT2D eigenvalue weighted by Crippen LogP contribution is 2.35. The van der Waals surface area contributed by atoms with E-state index >= 15 is 0 Å². The molecule has 1 aliphatic rings. The molecule has 1 N–H and O–H groups in total. The quantitative estimate of drug-likeness (QED) is 0.659. The Hall–Kier alpha value is -3.29. The third kappa shape index (κ3) is 4.42. The molecule has 0 saturated carbocycles. The number of aromatic nitrogens is 4. The molecule has 31 heavy (non-hydrogen) atoms. The number of fused-ring (bicyclic) bond motifs is 1. The van der Waals surface area contributed by atoms with Gasteiger partial charge in [-0.25, -0.2) is 4.39 Å². The zero-order chi connectivity index (χ0) is 22.1. The van der Waals surface area contributed by atoms with E-state index in [0.29, 0.717) is 6.54 Å². The lowest BCUT2D eigenvalue weighted by Gasteiger charge is -2.38. The second kappa shape index (κ2) is 8.45. The van der Waals surface area contributed by atoms with Crippen LogP contribution in [-0.4, -0.2) is 38.7 Å². The third-order valence-corrected chi connectivity index (χ3v) is 5.65.